The van der Waals surface area contributed by atoms with Gasteiger partial charge in [-0.3, -0.25) is 4.90 Å². The fourth-order valence-corrected chi connectivity index (χ4v) is 5.32. The molecular formula is C29H21Cl2NO6. The molecule has 0 saturated carbocycles. The van der Waals surface area contributed by atoms with Gasteiger partial charge in [0.2, 0.25) is 0 Å². The van der Waals surface area contributed by atoms with E-state index in [1.54, 1.807) is 24.3 Å². The molecule has 7 nitrogen and oxygen atoms in total. The molecule has 38 heavy (non-hydrogen) atoms. The van der Waals surface area contributed by atoms with Crippen molar-refractivity contribution in [2.24, 2.45) is 0 Å². The molecule has 0 aliphatic carbocycles. The number of nitrogens with zero attached hydrogens (tertiary/aromatic N) is 1. The smallest absolute Gasteiger partial charge is 0.344 e. The van der Waals surface area contributed by atoms with Gasteiger partial charge in [-0.15, -0.1) is 0 Å². The van der Waals surface area contributed by atoms with Crippen LogP contribution in [0.1, 0.15) is 11.1 Å². The maximum atomic E-state index is 13.1. The molecule has 6 rings (SSSR count). The van der Waals surface area contributed by atoms with Crippen molar-refractivity contribution in [3.05, 3.63) is 103 Å². The molecule has 0 fully saturated rings. The minimum atomic E-state index is -0.579. The number of benzene rings is 3. The fourth-order valence-electron chi connectivity index (χ4n) is 4.81. The number of rotatable bonds is 5. The Bertz CT molecular complexity index is 1830. The van der Waals surface area contributed by atoms with Crippen molar-refractivity contribution >= 4 is 45.1 Å². The average Bonchev–Trinajstić information content (AvgIpc) is 2.91. The van der Waals surface area contributed by atoms with E-state index in [-0.39, 0.29) is 5.56 Å². The Hall–Kier alpha value is -3.78. The van der Waals surface area contributed by atoms with Crippen molar-refractivity contribution in [1.29, 1.82) is 0 Å². The van der Waals surface area contributed by atoms with E-state index in [9.17, 15) is 9.59 Å². The van der Waals surface area contributed by atoms with Crippen LogP contribution in [0.4, 0.5) is 0 Å². The zero-order valence-corrected chi connectivity index (χ0v) is 21.8. The van der Waals surface area contributed by atoms with Crippen molar-refractivity contribution in [1.82, 2.24) is 4.90 Å². The highest BCUT2D eigenvalue weighted by Gasteiger charge is 2.24. The van der Waals surface area contributed by atoms with Gasteiger partial charge in [-0.1, -0.05) is 41.4 Å². The molecule has 192 valence electrons. The molecular weight excluding hydrogens is 529 g/mol. The van der Waals surface area contributed by atoms with Crippen molar-refractivity contribution in [3.63, 3.8) is 0 Å². The number of methoxy groups -OCH3 is 1. The Morgan fingerprint density at radius 2 is 1.82 bits per heavy atom. The lowest BCUT2D eigenvalue weighted by molar-refractivity contribution is 0.0968. The molecule has 3 heterocycles. The lowest BCUT2D eigenvalue weighted by atomic mass is 9.99. The summed E-state index contributed by atoms with van der Waals surface area (Å²) in [6.07, 6.45) is 0.691. The van der Waals surface area contributed by atoms with Gasteiger partial charge < -0.3 is 18.3 Å². The predicted molar refractivity (Wildman–Crippen MR) is 147 cm³/mol. The van der Waals surface area contributed by atoms with E-state index in [0.717, 1.165) is 11.1 Å². The predicted octanol–water partition coefficient (Wildman–Crippen LogP) is 6.28. The molecule has 0 saturated heterocycles. The molecule has 0 radical (unpaired) electrons. The van der Waals surface area contributed by atoms with Gasteiger partial charge >= 0.3 is 11.3 Å². The van der Waals surface area contributed by atoms with Gasteiger partial charge in [-0.25, -0.2) is 9.59 Å². The first-order valence-electron chi connectivity index (χ1n) is 11.9. The van der Waals surface area contributed by atoms with Crippen LogP contribution in [0.2, 0.25) is 10.0 Å². The van der Waals surface area contributed by atoms with Crippen LogP contribution in [0.15, 0.2) is 79.1 Å². The molecule has 0 bridgehead atoms. The second kappa shape index (κ2) is 9.83. The Labute approximate surface area is 226 Å². The Kier molecular flexibility index (Phi) is 6.35. The minimum absolute atomic E-state index is 0.259. The number of fused-ring (bicyclic) bond motifs is 4. The highest BCUT2D eigenvalue weighted by atomic mass is 35.5. The van der Waals surface area contributed by atoms with Gasteiger partial charge in [0.1, 0.15) is 18.1 Å². The summed E-state index contributed by atoms with van der Waals surface area (Å²) in [6, 6.07) is 17.4. The first-order valence-corrected chi connectivity index (χ1v) is 12.7. The van der Waals surface area contributed by atoms with Crippen LogP contribution in [-0.4, -0.2) is 25.3 Å². The largest absolute Gasteiger partial charge is 0.493 e. The van der Waals surface area contributed by atoms with Crippen molar-refractivity contribution in [3.8, 4) is 22.6 Å². The standard InChI is InChI=1S/C29H21Cl2NO6/c1-35-25-4-2-3-17-11-21(29(34)38-27(17)25)20-13-26(33)37-28-19(20)7-8-24-22(28)14-32(15-36-24)10-9-16-5-6-18(30)12-23(16)31/h2-8,11-13H,9-10,14-15H2,1H3. The molecule has 3 aromatic carbocycles. The highest BCUT2D eigenvalue weighted by molar-refractivity contribution is 6.35. The minimum Gasteiger partial charge on any atom is -0.493 e. The van der Waals surface area contributed by atoms with Gasteiger partial charge in [0.25, 0.3) is 0 Å². The van der Waals surface area contributed by atoms with E-state index in [0.29, 0.717) is 75.3 Å². The van der Waals surface area contributed by atoms with Crippen LogP contribution in [0, 0.1) is 0 Å². The fraction of sp³-hybridized carbons (Fsp3) is 0.172. The second-order valence-corrected chi connectivity index (χ2v) is 9.88. The summed E-state index contributed by atoms with van der Waals surface area (Å²) < 4.78 is 22.6. The summed E-state index contributed by atoms with van der Waals surface area (Å²) in [4.78, 5) is 27.8. The SMILES string of the molecule is COc1cccc2cc(-c3cc(=O)oc4c5c(ccc34)OCN(CCc3ccc(Cl)cc3Cl)C5)c(=O)oc12. The zero-order chi connectivity index (χ0) is 26.4. The third-order valence-electron chi connectivity index (χ3n) is 6.70. The number of hydrogen-bond donors (Lipinski definition) is 0. The molecule has 0 unspecified atom stereocenters. The number of ether oxygens (including phenoxy) is 2. The van der Waals surface area contributed by atoms with Crippen LogP contribution in [0.25, 0.3) is 33.1 Å². The van der Waals surface area contributed by atoms with E-state index in [4.69, 9.17) is 41.5 Å². The third kappa shape index (κ3) is 4.43. The summed E-state index contributed by atoms with van der Waals surface area (Å²) in [5.74, 6) is 1.09. The highest BCUT2D eigenvalue weighted by Crippen LogP contribution is 2.36. The van der Waals surface area contributed by atoms with E-state index >= 15 is 0 Å². The Morgan fingerprint density at radius 1 is 0.947 bits per heavy atom. The molecule has 0 amide bonds. The maximum absolute atomic E-state index is 13.1. The molecule has 0 N–H and O–H groups in total. The monoisotopic (exact) mass is 549 g/mol. The van der Waals surface area contributed by atoms with E-state index in [2.05, 4.69) is 4.90 Å². The molecule has 0 spiro atoms. The molecule has 0 atom stereocenters. The van der Waals surface area contributed by atoms with Gasteiger partial charge in [0.05, 0.1) is 18.2 Å². The first kappa shape index (κ1) is 24.6. The van der Waals surface area contributed by atoms with Crippen LogP contribution in [0.3, 0.4) is 0 Å². The topological polar surface area (TPSA) is 82.1 Å². The van der Waals surface area contributed by atoms with E-state index < -0.39 is 11.3 Å². The zero-order valence-electron chi connectivity index (χ0n) is 20.3. The number of halogens is 2. The van der Waals surface area contributed by atoms with Crippen LogP contribution in [-0.2, 0) is 13.0 Å². The van der Waals surface area contributed by atoms with Crippen LogP contribution in [0.5, 0.6) is 11.5 Å². The van der Waals surface area contributed by atoms with E-state index in [1.807, 2.05) is 30.3 Å². The normalized spacial score (nSPS) is 13.4. The van der Waals surface area contributed by atoms with Crippen LogP contribution >= 0.6 is 23.2 Å². The van der Waals surface area contributed by atoms with Gasteiger partial charge in [-0.05, 0) is 48.4 Å². The molecule has 9 heteroatoms. The lowest BCUT2D eigenvalue weighted by Crippen LogP contribution is -2.33. The molecule has 1 aliphatic rings. The average molecular weight is 550 g/mol. The van der Waals surface area contributed by atoms with E-state index in [1.165, 1.54) is 13.2 Å². The Balaban J connectivity index is 1.39. The molecule has 1 aliphatic heterocycles. The second-order valence-electron chi connectivity index (χ2n) is 9.04. The summed E-state index contributed by atoms with van der Waals surface area (Å²) in [5, 5.41) is 2.49. The molecule has 2 aromatic heterocycles. The summed E-state index contributed by atoms with van der Waals surface area (Å²) in [7, 11) is 1.51. The quantitative estimate of drug-likeness (QED) is 0.239. The maximum Gasteiger partial charge on any atom is 0.344 e. The number of hydrogen-bond acceptors (Lipinski definition) is 7. The lowest BCUT2D eigenvalue weighted by Gasteiger charge is -2.29. The van der Waals surface area contributed by atoms with Gasteiger partial charge in [0, 0.05) is 45.5 Å². The third-order valence-corrected chi connectivity index (χ3v) is 7.29. The van der Waals surface area contributed by atoms with Crippen LogP contribution < -0.4 is 20.7 Å². The Morgan fingerprint density at radius 3 is 2.63 bits per heavy atom. The summed E-state index contributed by atoms with van der Waals surface area (Å²) >= 11 is 12.4. The number of para-hydroxylation sites is 1. The van der Waals surface area contributed by atoms with Gasteiger partial charge in [0.15, 0.2) is 11.3 Å². The summed E-state index contributed by atoms with van der Waals surface area (Å²) in [5.41, 5.74) is 1.98. The summed E-state index contributed by atoms with van der Waals surface area (Å²) in [6.45, 7) is 1.54. The van der Waals surface area contributed by atoms with Gasteiger partial charge in [-0.2, -0.15) is 0 Å². The molecule has 5 aromatic rings. The van der Waals surface area contributed by atoms with Crippen molar-refractivity contribution < 1.29 is 18.3 Å². The first-order chi connectivity index (χ1) is 18.4. The van der Waals surface area contributed by atoms with Crippen molar-refractivity contribution in [2.45, 2.75) is 13.0 Å². The van der Waals surface area contributed by atoms with Crippen molar-refractivity contribution in [2.75, 3.05) is 20.4 Å².